The molecule has 0 amide bonds. The molecule has 3 heteroatoms. The second kappa shape index (κ2) is 7.62. The van der Waals surface area contributed by atoms with E-state index in [4.69, 9.17) is 9.57 Å². The topological polar surface area (TPSA) is 21.7 Å². The molecule has 0 saturated heterocycles. The fourth-order valence-corrected chi connectivity index (χ4v) is 4.46. The van der Waals surface area contributed by atoms with Gasteiger partial charge in [-0.15, -0.1) is 0 Å². The van der Waals surface area contributed by atoms with E-state index < -0.39 is 0 Å². The molecular formula is C26H31NO2. The van der Waals surface area contributed by atoms with Crippen molar-refractivity contribution in [2.24, 2.45) is 5.92 Å². The van der Waals surface area contributed by atoms with Gasteiger partial charge in [-0.25, -0.2) is 0 Å². The quantitative estimate of drug-likeness (QED) is 0.571. The van der Waals surface area contributed by atoms with E-state index in [1.807, 2.05) is 13.0 Å². The van der Waals surface area contributed by atoms with Gasteiger partial charge in [0.2, 0.25) is 0 Å². The predicted molar refractivity (Wildman–Crippen MR) is 120 cm³/mol. The van der Waals surface area contributed by atoms with Crippen LogP contribution in [0.1, 0.15) is 61.6 Å². The fraction of sp³-hybridized carbons (Fsp3) is 0.385. The number of hydroxylamine groups is 1. The first-order valence-corrected chi connectivity index (χ1v) is 10.6. The van der Waals surface area contributed by atoms with Gasteiger partial charge in [-0.1, -0.05) is 49.8 Å². The van der Waals surface area contributed by atoms with Crippen LogP contribution in [0.4, 0.5) is 5.69 Å². The van der Waals surface area contributed by atoms with Crippen LogP contribution in [0, 0.1) is 19.8 Å². The Bertz CT molecular complexity index is 986. The lowest BCUT2D eigenvalue weighted by molar-refractivity contribution is 0.163. The van der Waals surface area contributed by atoms with Crippen LogP contribution in [-0.2, 0) is 11.3 Å². The maximum atomic E-state index is 6.43. The molecule has 2 heterocycles. The molecule has 2 atom stereocenters. The zero-order valence-corrected chi connectivity index (χ0v) is 18.3. The molecule has 29 heavy (non-hydrogen) atoms. The Morgan fingerprint density at radius 1 is 1.10 bits per heavy atom. The maximum Gasteiger partial charge on any atom is 0.129 e. The molecule has 0 aromatic heterocycles. The van der Waals surface area contributed by atoms with Gasteiger partial charge in [-0.2, -0.15) is 5.06 Å². The summed E-state index contributed by atoms with van der Waals surface area (Å²) >= 11 is 0. The Balaban J connectivity index is 1.91. The van der Waals surface area contributed by atoms with Crippen molar-refractivity contribution in [2.45, 2.75) is 60.1 Å². The van der Waals surface area contributed by atoms with Crippen molar-refractivity contribution in [1.82, 2.24) is 0 Å². The molecule has 4 rings (SSSR count). The molecule has 3 nitrogen and oxygen atoms in total. The molecule has 152 valence electrons. The number of anilines is 1. The Labute approximate surface area is 174 Å². The summed E-state index contributed by atoms with van der Waals surface area (Å²) in [6, 6.07) is 10.9. The van der Waals surface area contributed by atoms with E-state index in [0.29, 0.717) is 5.92 Å². The van der Waals surface area contributed by atoms with Crippen molar-refractivity contribution < 1.29 is 9.57 Å². The van der Waals surface area contributed by atoms with Crippen LogP contribution in [0.2, 0.25) is 0 Å². The molecule has 0 fully saturated rings. The van der Waals surface area contributed by atoms with Gasteiger partial charge in [-0.05, 0) is 69.4 Å². The van der Waals surface area contributed by atoms with Crippen molar-refractivity contribution >= 4 is 11.8 Å². The van der Waals surface area contributed by atoms with Crippen LogP contribution < -0.4 is 9.80 Å². The number of allylic oxidation sites excluding steroid dienone is 1. The summed E-state index contributed by atoms with van der Waals surface area (Å²) in [6.45, 7) is 12.8. The summed E-state index contributed by atoms with van der Waals surface area (Å²) in [5, 5.41) is 2.06. The molecule has 0 spiro atoms. The average Bonchev–Trinajstić information content (AvgIpc) is 2.68. The van der Waals surface area contributed by atoms with Crippen LogP contribution in [0.5, 0.6) is 5.75 Å². The summed E-state index contributed by atoms with van der Waals surface area (Å²) in [5.41, 5.74) is 7.27. The monoisotopic (exact) mass is 389 g/mol. The zero-order chi connectivity index (χ0) is 20.7. The number of ether oxygens (including phenoxy) is 1. The molecule has 2 aromatic rings. The van der Waals surface area contributed by atoms with E-state index in [1.165, 1.54) is 16.7 Å². The molecule has 0 saturated carbocycles. The van der Waals surface area contributed by atoms with E-state index in [1.54, 1.807) is 0 Å². The lowest BCUT2D eigenvalue weighted by atomic mass is 9.91. The standard InChI is InChI=1S/C26H31NO2/c1-16(2)12-21-8-7-9-24-22(21)10-11-25-23-14-17(3)13-18(4)26(23)28-19(5)15-20(6)29-27(24)25/h7-11,13-16,19,25H,12H2,1-6H3/b20-15-. The number of rotatable bonds is 2. The normalized spacial score (nSPS) is 22.2. The van der Waals surface area contributed by atoms with Gasteiger partial charge in [0.05, 0.1) is 5.69 Å². The maximum absolute atomic E-state index is 6.43. The van der Waals surface area contributed by atoms with Crippen molar-refractivity contribution in [3.63, 3.8) is 0 Å². The van der Waals surface area contributed by atoms with E-state index in [0.717, 1.165) is 34.7 Å². The highest BCUT2D eigenvalue weighted by Gasteiger charge is 2.31. The third-order valence-corrected chi connectivity index (χ3v) is 5.52. The van der Waals surface area contributed by atoms with Crippen molar-refractivity contribution in [3.8, 4) is 5.75 Å². The average molecular weight is 390 g/mol. The third-order valence-electron chi connectivity index (χ3n) is 5.52. The Morgan fingerprint density at radius 3 is 2.66 bits per heavy atom. The minimum absolute atomic E-state index is 0.0425. The van der Waals surface area contributed by atoms with Crippen LogP contribution >= 0.6 is 0 Å². The summed E-state index contributed by atoms with van der Waals surface area (Å²) in [7, 11) is 0. The first-order chi connectivity index (χ1) is 13.8. The van der Waals surface area contributed by atoms with Crippen LogP contribution in [0.15, 0.2) is 48.2 Å². The largest absolute Gasteiger partial charge is 0.486 e. The molecule has 0 bridgehead atoms. The number of hydrogen-bond donors (Lipinski definition) is 0. The first kappa shape index (κ1) is 19.6. The summed E-state index contributed by atoms with van der Waals surface area (Å²) in [5.74, 6) is 2.41. The molecule has 0 radical (unpaired) electrons. The number of fused-ring (bicyclic) bond motifs is 5. The van der Waals surface area contributed by atoms with Crippen LogP contribution in [0.3, 0.4) is 0 Å². The van der Waals surface area contributed by atoms with Gasteiger partial charge in [0, 0.05) is 11.1 Å². The van der Waals surface area contributed by atoms with E-state index in [-0.39, 0.29) is 12.1 Å². The number of benzene rings is 2. The summed E-state index contributed by atoms with van der Waals surface area (Å²) < 4.78 is 6.37. The van der Waals surface area contributed by atoms with Crippen molar-refractivity contribution in [3.05, 3.63) is 76.1 Å². The highest BCUT2D eigenvalue weighted by molar-refractivity contribution is 5.75. The second-order valence-electron chi connectivity index (χ2n) is 8.77. The minimum Gasteiger partial charge on any atom is -0.486 e. The minimum atomic E-state index is -0.0627. The zero-order valence-electron chi connectivity index (χ0n) is 18.3. The molecule has 2 aliphatic heterocycles. The van der Waals surface area contributed by atoms with Crippen LogP contribution in [-0.4, -0.2) is 6.10 Å². The van der Waals surface area contributed by atoms with Gasteiger partial charge >= 0.3 is 0 Å². The second-order valence-corrected chi connectivity index (χ2v) is 8.77. The van der Waals surface area contributed by atoms with Crippen molar-refractivity contribution in [2.75, 3.05) is 5.06 Å². The van der Waals surface area contributed by atoms with Gasteiger partial charge in [0.25, 0.3) is 0 Å². The third kappa shape index (κ3) is 3.78. The molecule has 2 unspecified atom stereocenters. The molecule has 2 aromatic carbocycles. The smallest absolute Gasteiger partial charge is 0.129 e. The Morgan fingerprint density at radius 2 is 1.90 bits per heavy atom. The molecule has 0 aliphatic carbocycles. The van der Waals surface area contributed by atoms with E-state index in [9.17, 15) is 0 Å². The highest BCUT2D eigenvalue weighted by Crippen LogP contribution is 2.44. The highest BCUT2D eigenvalue weighted by atomic mass is 16.7. The lowest BCUT2D eigenvalue weighted by Gasteiger charge is -2.36. The predicted octanol–water partition coefficient (Wildman–Crippen LogP) is 6.69. The van der Waals surface area contributed by atoms with Gasteiger partial charge < -0.3 is 9.57 Å². The fourth-order valence-electron chi connectivity index (χ4n) is 4.46. The van der Waals surface area contributed by atoms with E-state index in [2.05, 4.69) is 82.2 Å². The van der Waals surface area contributed by atoms with Gasteiger partial charge in [-0.3, -0.25) is 0 Å². The molecular weight excluding hydrogens is 358 g/mol. The number of aryl methyl sites for hydroxylation is 2. The summed E-state index contributed by atoms with van der Waals surface area (Å²) in [6.07, 6.45) is 7.54. The summed E-state index contributed by atoms with van der Waals surface area (Å²) in [4.78, 5) is 6.43. The SMILES string of the molecule is C/C1=C/C(C)Oc2c(C)cc(C)cc2C2C=Cc3c(CC(C)C)cccc3N2O1. The molecule has 0 N–H and O–H groups in total. The molecule has 2 aliphatic rings. The Hall–Kier alpha value is -2.68. The lowest BCUT2D eigenvalue weighted by Crippen LogP contribution is -2.30. The first-order valence-electron chi connectivity index (χ1n) is 10.6. The number of hydrogen-bond acceptors (Lipinski definition) is 3. The van der Waals surface area contributed by atoms with E-state index >= 15 is 0 Å². The van der Waals surface area contributed by atoms with Gasteiger partial charge in [0.1, 0.15) is 23.7 Å². The van der Waals surface area contributed by atoms with Gasteiger partial charge in [0.15, 0.2) is 0 Å². The van der Waals surface area contributed by atoms with Crippen LogP contribution in [0.25, 0.3) is 6.08 Å². The Kier molecular flexibility index (Phi) is 5.16. The number of nitrogens with zero attached hydrogens (tertiary/aromatic N) is 1. The van der Waals surface area contributed by atoms with Crippen molar-refractivity contribution in [1.29, 1.82) is 0 Å².